The Morgan fingerprint density at radius 3 is 2.83 bits per heavy atom. The molecule has 0 bridgehead atoms. The van der Waals surface area contributed by atoms with Crippen molar-refractivity contribution in [3.8, 4) is 11.4 Å². The van der Waals surface area contributed by atoms with Gasteiger partial charge in [-0.15, -0.1) is 5.10 Å². The van der Waals surface area contributed by atoms with Gasteiger partial charge in [-0.3, -0.25) is 9.89 Å². The first-order valence-corrected chi connectivity index (χ1v) is 8.46. The molecule has 0 radical (unpaired) electrons. The second-order valence-corrected chi connectivity index (χ2v) is 6.70. The molecule has 1 aromatic carbocycles. The second-order valence-electron chi connectivity index (χ2n) is 5.39. The molecule has 6 nitrogen and oxygen atoms in total. The number of aromatic amines is 1. The normalized spacial score (nSPS) is 12.1. The third kappa shape index (κ3) is 4.05. The number of nitrogens with one attached hydrogen (secondary N) is 2. The summed E-state index contributed by atoms with van der Waals surface area (Å²) in [6, 6.07) is 11.6. The van der Waals surface area contributed by atoms with Crippen molar-refractivity contribution in [2.75, 3.05) is 0 Å². The van der Waals surface area contributed by atoms with Crippen LogP contribution in [-0.4, -0.2) is 26.3 Å². The van der Waals surface area contributed by atoms with Crippen LogP contribution in [0, 0.1) is 6.92 Å². The summed E-state index contributed by atoms with van der Waals surface area (Å²) in [4.78, 5) is 16.6. The van der Waals surface area contributed by atoms with E-state index in [-0.39, 0.29) is 11.2 Å². The maximum atomic E-state index is 12.1. The maximum Gasteiger partial charge on any atom is 0.233 e. The number of furan rings is 1. The van der Waals surface area contributed by atoms with Crippen LogP contribution in [0.25, 0.3) is 11.4 Å². The van der Waals surface area contributed by atoms with E-state index in [9.17, 15) is 4.79 Å². The fourth-order valence-electron chi connectivity index (χ4n) is 2.08. The van der Waals surface area contributed by atoms with Crippen molar-refractivity contribution in [2.24, 2.45) is 0 Å². The highest BCUT2D eigenvalue weighted by atomic mass is 32.2. The lowest BCUT2D eigenvalue weighted by Gasteiger charge is -2.08. The minimum Gasteiger partial charge on any atom is -0.467 e. The average Bonchev–Trinajstić information content (AvgIpc) is 3.25. The molecule has 0 aliphatic carbocycles. The molecule has 124 valence electrons. The largest absolute Gasteiger partial charge is 0.467 e. The van der Waals surface area contributed by atoms with Crippen molar-refractivity contribution >= 4 is 17.7 Å². The number of hydrogen-bond acceptors (Lipinski definition) is 5. The van der Waals surface area contributed by atoms with E-state index < -0.39 is 0 Å². The fraction of sp³-hybridized carbons (Fsp3) is 0.235. The molecule has 0 fully saturated rings. The van der Waals surface area contributed by atoms with Gasteiger partial charge < -0.3 is 9.73 Å². The maximum absolute atomic E-state index is 12.1. The van der Waals surface area contributed by atoms with Gasteiger partial charge in [0.2, 0.25) is 11.1 Å². The lowest BCUT2D eigenvalue weighted by atomic mass is 10.1. The van der Waals surface area contributed by atoms with Gasteiger partial charge in [0.05, 0.1) is 18.1 Å². The Bertz CT molecular complexity index is 796. The Hall–Kier alpha value is -2.54. The first-order chi connectivity index (χ1) is 11.6. The summed E-state index contributed by atoms with van der Waals surface area (Å²) in [5.74, 6) is 1.33. The predicted octanol–water partition coefficient (Wildman–Crippen LogP) is 3.17. The number of benzene rings is 1. The molecule has 0 unspecified atom stereocenters. The predicted molar refractivity (Wildman–Crippen MR) is 92.4 cm³/mol. The fourth-order valence-corrected chi connectivity index (χ4v) is 2.83. The summed E-state index contributed by atoms with van der Waals surface area (Å²) in [6.45, 7) is 4.23. The zero-order valence-corrected chi connectivity index (χ0v) is 14.3. The number of amides is 1. The van der Waals surface area contributed by atoms with Crippen molar-refractivity contribution in [1.82, 2.24) is 20.5 Å². The molecular weight excluding hydrogens is 324 g/mol. The van der Waals surface area contributed by atoms with Gasteiger partial charge in [-0.1, -0.05) is 41.6 Å². The molecule has 7 heteroatoms. The minimum absolute atomic E-state index is 0.0851. The standard InChI is InChI=1S/C17H18N4O2S/c1-11-5-7-13(8-6-11)15-19-17(21-20-15)24-12(2)16(22)18-10-14-4-3-9-23-14/h3-9,12H,10H2,1-2H3,(H,18,22)(H,19,20,21)/t12-/m1/s1. The molecule has 2 heterocycles. The first-order valence-electron chi connectivity index (χ1n) is 7.58. The van der Waals surface area contributed by atoms with Gasteiger partial charge in [-0.25, -0.2) is 4.98 Å². The highest BCUT2D eigenvalue weighted by molar-refractivity contribution is 8.00. The van der Waals surface area contributed by atoms with E-state index in [1.807, 2.05) is 44.2 Å². The quantitative estimate of drug-likeness (QED) is 0.672. The molecule has 3 aromatic rings. The van der Waals surface area contributed by atoms with E-state index in [2.05, 4.69) is 20.5 Å². The molecular formula is C17H18N4O2S. The number of thioether (sulfide) groups is 1. The number of rotatable bonds is 6. The van der Waals surface area contributed by atoms with E-state index in [1.54, 1.807) is 12.3 Å². The summed E-state index contributed by atoms with van der Waals surface area (Å²) in [5, 5.41) is 10.2. The number of hydrogen-bond donors (Lipinski definition) is 2. The summed E-state index contributed by atoms with van der Waals surface area (Å²) < 4.78 is 5.19. The van der Waals surface area contributed by atoms with Gasteiger partial charge in [0.25, 0.3) is 0 Å². The van der Waals surface area contributed by atoms with Crippen LogP contribution in [0.3, 0.4) is 0 Å². The van der Waals surface area contributed by atoms with Gasteiger partial charge in [-0.2, -0.15) is 0 Å². The van der Waals surface area contributed by atoms with E-state index in [4.69, 9.17) is 4.42 Å². The van der Waals surface area contributed by atoms with Crippen molar-refractivity contribution < 1.29 is 9.21 Å². The van der Waals surface area contributed by atoms with E-state index in [1.165, 1.54) is 17.3 Å². The van der Waals surface area contributed by atoms with Crippen LogP contribution >= 0.6 is 11.8 Å². The van der Waals surface area contributed by atoms with Crippen LogP contribution in [0.4, 0.5) is 0 Å². The topological polar surface area (TPSA) is 83.8 Å². The molecule has 0 aliphatic rings. The smallest absolute Gasteiger partial charge is 0.233 e. The SMILES string of the molecule is Cc1ccc(-c2nc(S[C@H](C)C(=O)NCc3ccco3)n[nH]2)cc1. The third-order valence-electron chi connectivity index (χ3n) is 3.46. The summed E-state index contributed by atoms with van der Waals surface area (Å²) in [7, 11) is 0. The molecule has 0 saturated carbocycles. The molecule has 0 spiro atoms. The Morgan fingerprint density at radius 1 is 1.33 bits per heavy atom. The lowest BCUT2D eigenvalue weighted by Crippen LogP contribution is -2.30. The Balaban J connectivity index is 1.57. The summed E-state index contributed by atoms with van der Waals surface area (Å²) in [6.07, 6.45) is 1.58. The van der Waals surface area contributed by atoms with Crippen molar-refractivity contribution in [1.29, 1.82) is 0 Å². The van der Waals surface area contributed by atoms with Gasteiger partial charge in [0, 0.05) is 5.56 Å². The van der Waals surface area contributed by atoms with Gasteiger partial charge in [-0.05, 0) is 26.0 Å². The van der Waals surface area contributed by atoms with Crippen LogP contribution in [0.5, 0.6) is 0 Å². The molecule has 0 aliphatic heterocycles. The molecule has 1 atom stereocenters. The Labute approximate surface area is 144 Å². The van der Waals surface area contributed by atoms with E-state index in [0.717, 1.165) is 11.3 Å². The number of H-pyrrole nitrogens is 1. The Kier molecular flexibility index (Phi) is 5.00. The third-order valence-corrected chi connectivity index (χ3v) is 4.42. The zero-order chi connectivity index (χ0) is 16.9. The van der Waals surface area contributed by atoms with Crippen molar-refractivity contribution in [2.45, 2.75) is 30.8 Å². The second kappa shape index (κ2) is 7.35. The average molecular weight is 342 g/mol. The van der Waals surface area contributed by atoms with Crippen LogP contribution in [0.1, 0.15) is 18.2 Å². The van der Waals surface area contributed by atoms with Crippen LogP contribution < -0.4 is 5.32 Å². The number of aromatic nitrogens is 3. The first kappa shape index (κ1) is 16.3. The monoisotopic (exact) mass is 342 g/mol. The van der Waals surface area contributed by atoms with Crippen LogP contribution in [-0.2, 0) is 11.3 Å². The molecule has 0 saturated heterocycles. The number of carbonyl (C=O) groups excluding carboxylic acids is 1. The molecule has 24 heavy (non-hydrogen) atoms. The van der Waals surface area contributed by atoms with Crippen LogP contribution in [0.2, 0.25) is 0 Å². The molecule has 2 N–H and O–H groups in total. The lowest BCUT2D eigenvalue weighted by molar-refractivity contribution is -0.120. The van der Waals surface area contributed by atoms with Gasteiger partial charge in [0.1, 0.15) is 5.76 Å². The molecule has 3 rings (SSSR count). The summed E-state index contributed by atoms with van der Waals surface area (Å²) >= 11 is 1.31. The van der Waals surface area contributed by atoms with Crippen molar-refractivity contribution in [3.05, 3.63) is 54.0 Å². The number of nitrogens with zero attached hydrogens (tertiary/aromatic N) is 2. The van der Waals surface area contributed by atoms with Crippen LogP contribution in [0.15, 0.2) is 52.2 Å². The Morgan fingerprint density at radius 2 is 2.12 bits per heavy atom. The summed E-state index contributed by atoms with van der Waals surface area (Å²) in [5.41, 5.74) is 2.16. The number of carbonyl (C=O) groups is 1. The van der Waals surface area contributed by atoms with Crippen molar-refractivity contribution in [3.63, 3.8) is 0 Å². The van der Waals surface area contributed by atoms with E-state index in [0.29, 0.717) is 17.5 Å². The minimum atomic E-state index is -0.304. The number of aryl methyl sites for hydroxylation is 1. The highest BCUT2D eigenvalue weighted by Crippen LogP contribution is 2.23. The molecule has 1 amide bonds. The van der Waals surface area contributed by atoms with Gasteiger partial charge in [0.15, 0.2) is 5.82 Å². The van der Waals surface area contributed by atoms with E-state index >= 15 is 0 Å². The zero-order valence-electron chi connectivity index (χ0n) is 13.4. The molecule has 2 aromatic heterocycles. The highest BCUT2D eigenvalue weighted by Gasteiger charge is 2.17. The van der Waals surface area contributed by atoms with Gasteiger partial charge >= 0.3 is 0 Å².